The van der Waals surface area contributed by atoms with Gasteiger partial charge in [0.15, 0.2) is 0 Å². The van der Waals surface area contributed by atoms with Crippen molar-refractivity contribution >= 4 is 34.8 Å². The third-order valence-electron chi connectivity index (χ3n) is 5.67. The Balaban J connectivity index is 1.68. The van der Waals surface area contributed by atoms with Crippen molar-refractivity contribution in [1.29, 1.82) is 0 Å². The van der Waals surface area contributed by atoms with Gasteiger partial charge in [-0.2, -0.15) is 0 Å². The van der Waals surface area contributed by atoms with Crippen LogP contribution in [-0.4, -0.2) is 31.4 Å². The standard InChI is InChI=1S/C24H30N2O4S/c1-17-9-11-18(12-10-17)26-21(27)14-13-19(23(26)20-7-6-16-31-20)24(29)25-15-5-3-4-8-22(28)30-2/h6-7,9-12,16,19,23H,3-5,8,13-15H2,1-2H3,(H,25,29). The molecule has 1 aromatic carbocycles. The maximum atomic E-state index is 13.1. The summed E-state index contributed by atoms with van der Waals surface area (Å²) in [7, 11) is 1.39. The molecule has 2 unspecified atom stereocenters. The van der Waals surface area contributed by atoms with Crippen LogP contribution in [0, 0.1) is 12.8 Å². The number of thiophene rings is 1. The number of hydrogen-bond donors (Lipinski definition) is 1. The predicted molar refractivity (Wildman–Crippen MR) is 122 cm³/mol. The van der Waals surface area contributed by atoms with E-state index in [1.165, 1.54) is 7.11 Å². The number of piperidine rings is 1. The largest absolute Gasteiger partial charge is 0.469 e. The molecule has 2 amide bonds. The van der Waals surface area contributed by atoms with Gasteiger partial charge in [0.25, 0.3) is 0 Å². The van der Waals surface area contributed by atoms with Crippen LogP contribution < -0.4 is 10.2 Å². The number of aryl methyl sites for hydroxylation is 1. The Bertz CT molecular complexity index is 879. The average Bonchev–Trinajstić information content (AvgIpc) is 3.31. The summed E-state index contributed by atoms with van der Waals surface area (Å²) in [6, 6.07) is 11.6. The van der Waals surface area contributed by atoms with Gasteiger partial charge in [-0.15, -0.1) is 11.3 Å². The molecule has 1 saturated heterocycles. The van der Waals surface area contributed by atoms with E-state index in [0.717, 1.165) is 35.4 Å². The lowest BCUT2D eigenvalue weighted by molar-refractivity contribution is -0.140. The lowest BCUT2D eigenvalue weighted by Gasteiger charge is -2.40. The first kappa shape index (κ1) is 23.0. The van der Waals surface area contributed by atoms with Crippen molar-refractivity contribution in [2.75, 3.05) is 18.6 Å². The van der Waals surface area contributed by atoms with E-state index in [9.17, 15) is 14.4 Å². The molecule has 1 fully saturated rings. The van der Waals surface area contributed by atoms with Crippen molar-refractivity contribution < 1.29 is 19.1 Å². The Labute approximate surface area is 187 Å². The minimum atomic E-state index is -0.303. The zero-order valence-corrected chi connectivity index (χ0v) is 19.0. The number of nitrogens with zero attached hydrogens (tertiary/aromatic N) is 1. The quantitative estimate of drug-likeness (QED) is 0.462. The molecule has 2 atom stereocenters. The van der Waals surface area contributed by atoms with E-state index < -0.39 is 0 Å². The molecule has 0 spiro atoms. The number of carbonyl (C=O) groups excluding carboxylic acids is 3. The van der Waals surface area contributed by atoms with Gasteiger partial charge in [-0.25, -0.2) is 0 Å². The van der Waals surface area contributed by atoms with Crippen molar-refractivity contribution in [3.63, 3.8) is 0 Å². The molecule has 1 N–H and O–H groups in total. The zero-order valence-electron chi connectivity index (χ0n) is 18.1. The summed E-state index contributed by atoms with van der Waals surface area (Å²) in [5.41, 5.74) is 1.96. The Kier molecular flexibility index (Phi) is 8.23. The normalized spacial score (nSPS) is 18.6. The predicted octanol–water partition coefficient (Wildman–Crippen LogP) is 4.39. The van der Waals surface area contributed by atoms with Gasteiger partial charge in [0.1, 0.15) is 0 Å². The molecule has 1 aliphatic heterocycles. The second-order valence-electron chi connectivity index (χ2n) is 7.88. The molecule has 31 heavy (non-hydrogen) atoms. The summed E-state index contributed by atoms with van der Waals surface area (Å²) < 4.78 is 4.64. The Hall–Kier alpha value is -2.67. The summed E-state index contributed by atoms with van der Waals surface area (Å²) >= 11 is 1.58. The van der Waals surface area contributed by atoms with Gasteiger partial charge >= 0.3 is 5.97 Å². The Morgan fingerprint density at radius 2 is 1.94 bits per heavy atom. The van der Waals surface area contributed by atoms with Crippen LogP contribution in [0.2, 0.25) is 0 Å². The second kappa shape index (κ2) is 11.1. The molecule has 3 rings (SSSR count). The van der Waals surface area contributed by atoms with Crippen LogP contribution in [0.1, 0.15) is 55.0 Å². The molecule has 1 aliphatic rings. The molecule has 7 heteroatoms. The highest BCUT2D eigenvalue weighted by Gasteiger charge is 2.41. The first-order valence-corrected chi connectivity index (χ1v) is 11.7. The Morgan fingerprint density at radius 1 is 1.16 bits per heavy atom. The summed E-state index contributed by atoms with van der Waals surface area (Å²) in [5, 5.41) is 5.04. The minimum absolute atomic E-state index is 0.0176. The zero-order chi connectivity index (χ0) is 22.2. The minimum Gasteiger partial charge on any atom is -0.469 e. The summed E-state index contributed by atoms with van der Waals surface area (Å²) in [4.78, 5) is 40.0. The molecule has 6 nitrogen and oxygen atoms in total. The number of carbonyl (C=O) groups is 3. The summed E-state index contributed by atoms with van der Waals surface area (Å²) in [5.74, 6) is -0.469. The fraction of sp³-hybridized carbons (Fsp3) is 0.458. The fourth-order valence-electron chi connectivity index (χ4n) is 3.98. The van der Waals surface area contributed by atoms with Gasteiger partial charge in [0.2, 0.25) is 11.8 Å². The highest BCUT2D eigenvalue weighted by Crippen LogP contribution is 2.41. The number of hydrogen-bond acceptors (Lipinski definition) is 5. The maximum Gasteiger partial charge on any atom is 0.305 e. The first-order chi connectivity index (χ1) is 15.0. The first-order valence-electron chi connectivity index (χ1n) is 10.8. The number of esters is 1. The van der Waals surface area contributed by atoms with Gasteiger partial charge in [0.05, 0.1) is 19.1 Å². The van der Waals surface area contributed by atoms with Crippen molar-refractivity contribution in [2.24, 2.45) is 5.92 Å². The van der Waals surface area contributed by atoms with Crippen LogP contribution in [0.15, 0.2) is 41.8 Å². The highest BCUT2D eigenvalue weighted by atomic mass is 32.1. The molecular weight excluding hydrogens is 412 g/mol. The van der Waals surface area contributed by atoms with Gasteiger partial charge in [-0.05, 0) is 49.8 Å². The van der Waals surface area contributed by atoms with E-state index in [-0.39, 0.29) is 29.7 Å². The molecule has 0 aliphatic carbocycles. The van der Waals surface area contributed by atoms with Crippen molar-refractivity contribution in [1.82, 2.24) is 5.32 Å². The summed E-state index contributed by atoms with van der Waals surface area (Å²) in [6.07, 6.45) is 3.70. The number of amides is 2. The van der Waals surface area contributed by atoms with E-state index in [0.29, 0.717) is 25.8 Å². The average molecular weight is 443 g/mol. The van der Waals surface area contributed by atoms with E-state index >= 15 is 0 Å². The molecule has 2 heterocycles. The second-order valence-corrected chi connectivity index (χ2v) is 8.86. The highest BCUT2D eigenvalue weighted by molar-refractivity contribution is 7.10. The molecule has 0 saturated carbocycles. The number of unbranched alkanes of at least 4 members (excludes halogenated alkanes) is 2. The maximum absolute atomic E-state index is 13.1. The molecule has 0 radical (unpaired) electrons. The molecule has 1 aromatic heterocycles. The number of ether oxygens (including phenoxy) is 1. The lowest BCUT2D eigenvalue weighted by Crippen LogP contribution is -2.48. The fourth-order valence-corrected chi connectivity index (χ4v) is 4.86. The monoisotopic (exact) mass is 442 g/mol. The van der Waals surface area contributed by atoms with Crippen LogP contribution >= 0.6 is 11.3 Å². The molecule has 2 aromatic rings. The van der Waals surface area contributed by atoms with Gasteiger partial charge < -0.3 is 15.0 Å². The van der Waals surface area contributed by atoms with Crippen LogP contribution in [0.5, 0.6) is 0 Å². The van der Waals surface area contributed by atoms with E-state index in [2.05, 4.69) is 10.1 Å². The number of benzene rings is 1. The SMILES string of the molecule is COC(=O)CCCCCNC(=O)C1CCC(=O)N(c2ccc(C)cc2)C1c1cccs1. The molecule has 166 valence electrons. The van der Waals surface area contributed by atoms with Crippen LogP contribution in [0.25, 0.3) is 0 Å². The smallest absolute Gasteiger partial charge is 0.305 e. The van der Waals surface area contributed by atoms with Gasteiger partial charge in [-0.1, -0.05) is 30.2 Å². The lowest BCUT2D eigenvalue weighted by atomic mass is 9.86. The van der Waals surface area contributed by atoms with Crippen LogP contribution in [0.4, 0.5) is 5.69 Å². The van der Waals surface area contributed by atoms with Gasteiger partial charge in [-0.3, -0.25) is 14.4 Å². The number of anilines is 1. The van der Waals surface area contributed by atoms with Crippen molar-refractivity contribution in [2.45, 2.75) is 51.5 Å². The van der Waals surface area contributed by atoms with Crippen LogP contribution in [-0.2, 0) is 19.1 Å². The van der Waals surface area contributed by atoms with E-state index in [1.807, 2.05) is 48.7 Å². The number of rotatable bonds is 9. The third kappa shape index (κ3) is 5.94. The van der Waals surface area contributed by atoms with Gasteiger partial charge in [0, 0.05) is 30.0 Å². The Morgan fingerprint density at radius 3 is 2.61 bits per heavy atom. The number of methoxy groups -OCH3 is 1. The molecular formula is C24H30N2O4S. The summed E-state index contributed by atoms with van der Waals surface area (Å²) in [6.45, 7) is 2.58. The number of nitrogens with one attached hydrogen (secondary N) is 1. The van der Waals surface area contributed by atoms with Crippen molar-refractivity contribution in [3.05, 3.63) is 52.2 Å². The van der Waals surface area contributed by atoms with Crippen molar-refractivity contribution in [3.8, 4) is 0 Å². The van der Waals surface area contributed by atoms with Crippen LogP contribution in [0.3, 0.4) is 0 Å². The van der Waals surface area contributed by atoms with E-state index in [4.69, 9.17) is 0 Å². The topological polar surface area (TPSA) is 75.7 Å². The third-order valence-corrected chi connectivity index (χ3v) is 6.61. The molecule has 0 bridgehead atoms. The van der Waals surface area contributed by atoms with E-state index in [1.54, 1.807) is 16.2 Å².